The molecule has 1 atom stereocenters. The fraction of sp³-hybridized carbons (Fsp3) is 0.667. The Bertz CT molecular complexity index is 295. The minimum Gasteiger partial charge on any atom is -0.350 e. The van der Waals surface area contributed by atoms with E-state index in [1.54, 1.807) is 12.4 Å². The predicted molar refractivity (Wildman–Crippen MR) is 65.1 cm³/mol. The lowest BCUT2D eigenvalue weighted by molar-refractivity contribution is 0.320. The van der Waals surface area contributed by atoms with Crippen molar-refractivity contribution in [1.29, 1.82) is 0 Å². The van der Waals surface area contributed by atoms with Crippen molar-refractivity contribution in [1.82, 2.24) is 9.97 Å². The molecule has 0 saturated heterocycles. The molecule has 0 spiro atoms. The Labute approximate surface area is 96.7 Å². The van der Waals surface area contributed by atoms with Gasteiger partial charge in [-0.15, -0.1) is 0 Å². The van der Waals surface area contributed by atoms with E-state index in [4.69, 9.17) is 5.73 Å². The number of hydrogen-bond donors (Lipinski definition) is 2. The van der Waals surface area contributed by atoms with Crippen LogP contribution in [0.5, 0.6) is 0 Å². The summed E-state index contributed by atoms with van der Waals surface area (Å²) in [5, 5.41) is 3.35. The first kappa shape index (κ1) is 11.3. The zero-order valence-electron chi connectivity index (χ0n) is 9.60. The Morgan fingerprint density at radius 3 is 2.56 bits per heavy atom. The lowest BCUT2D eigenvalue weighted by atomic mass is 9.84. The molecule has 1 aliphatic carbocycles. The molecule has 4 nitrogen and oxygen atoms in total. The van der Waals surface area contributed by atoms with Crippen molar-refractivity contribution in [3.05, 3.63) is 18.5 Å². The van der Waals surface area contributed by atoms with Gasteiger partial charge < -0.3 is 11.1 Å². The summed E-state index contributed by atoms with van der Waals surface area (Å²) in [6.45, 7) is 0.656. The van der Waals surface area contributed by atoms with E-state index in [1.165, 1.54) is 32.1 Å². The van der Waals surface area contributed by atoms with Gasteiger partial charge in [-0.1, -0.05) is 19.3 Å². The van der Waals surface area contributed by atoms with E-state index < -0.39 is 0 Å². The van der Waals surface area contributed by atoms with Gasteiger partial charge >= 0.3 is 0 Å². The SMILES string of the molecule is NCC(Nc1ncccn1)C1CCCCC1. The third-order valence-electron chi connectivity index (χ3n) is 3.35. The van der Waals surface area contributed by atoms with Crippen LogP contribution in [0.25, 0.3) is 0 Å². The zero-order chi connectivity index (χ0) is 11.2. The van der Waals surface area contributed by atoms with E-state index in [0.29, 0.717) is 24.5 Å². The predicted octanol–water partition coefficient (Wildman–Crippen LogP) is 1.80. The molecule has 0 bridgehead atoms. The summed E-state index contributed by atoms with van der Waals surface area (Å²) >= 11 is 0. The summed E-state index contributed by atoms with van der Waals surface area (Å²) in [7, 11) is 0. The number of nitrogens with one attached hydrogen (secondary N) is 1. The molecule has 1 fully saturated rings. The first-order valence-corrected chi connectivity index (χ1v) is 6.14. The monoisotopic (exact) mass is 220 g/mol. The van der Waals surface area contributed by atoms with Gasteiger partial charge in [0.15, 0.2) is 0 Å². The first-order chi connectivity index (χ1) is 7.90. The summed E-state index contributed by atoms with van der Waals surface area (Å²) in [5.41, 5.74) is 5.83. The quantitative estimate of drug-likeness (QED) is 0.812. The Morgan fingerprint density at radius 1 is 1.25 bits per heavy atom. The van der Waals surface area contributed by atoms with Gasteiger partial charge in [-0.2, -0.15) is 0 Å². The summed E-state index contributed by atoms with van der Waals surface area (Å²) in [4.78, 5) is 8.37. The highest BCUT2D eigenvalue weighted by atomic mass is 15.1. The lowest BCUT2D eigenvalue weighted by Crippen LogP contribution is -2.37. The van der Waals surface area contributed by atoms with Gasteiger partial charge in [-0.05, 0) is 24.8 Å². The van der Waals surface area contributed by atoms with Crippen LogP contribution in [0.15, 0.2) is 18.5 Å². The Kier molecular flexibility index (Phi) is 4.10. The van der Waals surface area contributed by atoms with Crippen molar-refractivity contribution in [2.75, 3.05) is 11.9 Å². The van der Waals surface area contributed by atoms with Crippen molar-refractivity contribution in [2.24, 2.45) is 11.7 Å². The second kappa shape index (κ2) is 5.80. The number of anilines is 1. The van der Waals surface area contributed by atoms with Crippen molar-refractivity contribution in [2.45, 2.75) is 38.1 Å². The van der Waals surface area contributed by atoms with Crippen molar-refractivity contribution >= 4 is 5.95 Å². The van der Waals surface area contributed by atoms with Crippen LogP contribution in [0.3, 0.4) is 0 Å². The van der Waals surface area contributed by atoms with Gasteiger partial charge in [0.1, 0.15) is 0 Å². The standard InChI is InChI=1S/C12H20N4/c13-9-11(10-5-2-1-3-6-10)16-12-14-7-4-8-15-12/h4,7-8,10-11H,1-3,5-6,9,13H2,(H,14,15,16). The third kappa shape index (κ3) is 2.92. The molecule has 0 radical (unpaired) electrons. The molecule has 1 aromatic rings. The van der Waals surface area contributed by atoms with E-state index in [0.717, 1.165) is 0 Å². The molecule has 2 rings (SSSR count). The molecular formula is C12H20N4. The Morgan fingerprint density at radius 2 is 1.94 bits per heavy atom. The molecule has 1 heterocycles. The molecule has 0 aromatic carbocycles. The van der Waals surface area contributed by atoms with Crippen LogP contribution in [0.4, 0.5) is 5.95 Å². The first-order valence-electron chi connectivity index (χ1n) is 6.14. The van der Waals surface area contributed by atoms with Crippen molar-refractivity contribution in [3.8, 4) is 0 Å². The molecule has 4 heteroatoms. The minimum absolute atomic E-state index is 0.322. The third-order valence-corrected chi connectivity index (χ3v) is 3.35. The second-order valence-electron chi connectivity index (χ2n) is 4.46. The number of nitrogens with two attached hydrogens (primary N) is 1. The fourth-order valence-electron chi connectivity index (χ4n) is 2.45. The van der Waals surface area contributed by atoms with Gasteiger partial charge in [-0.25, -0.2) is 9.97 Å². The maximum atomic E-state index is 5.83. The molecule has 16 heavy (non-hydrogen) atoms. The average molecular weight is 220 g/mol. The van der Waals surface area contributed by atoms with Crippen LogP contribution >= 0.6 is 0 Å². The van der Waals surface area contributed by atoms with Crippen LogP contribution in [0.2, 0.25) is 0 Å². The van der Waals surface area contributed by atoms with Crippen LogP contribution in [0, 0.1) is 5.92 Å². The second-order valence-corrected chi connectivity index (χ2v) is 4.46. The summed E-state index contributed by atoms with van der Waals surface area (Å²) in [6.07, 6.45) is 10.1. The molecule has 0 amide bonds. The summed E-state index contributed by atoms with van der Waals surface area (Å²) in [5.74, 6) is 1.38. The van der Waals surface area contributed by atoms with Crippen LogP contribution in [0.1, 0.15) is 32.1 Å². The van der Waals surface area contributed by atoms with E-state index in [1.807, 2.05) is 6.07 Å². The van der Waals surface area contributed by atoms with Gasteiger partial charge in [0.05, 0.1) is 0 Å². The number of hydrogen-bond acceptors (Lipinski definition) is 4. The Balaban J connectivity index is 1.94. The molecule has 1 aromatic heterocycles. The van der Waals surface area contributed by atoms with Crippen LogP contribution in [-0.4, -0.2) is 22.6 Å². The van der Waals surface area contributed by atoms with E-state index >= 15 is 0 Å². The highest BCUT2D eigenvalue weighted by Crippen LogP contribution is 2.27. The van der Waals surface area contributed by atoms with Crippen LogP contribution < -0.4 is 11.1 Å². The van der Waals surface area contributed by atoms with Gasteiger partial charge in [-0.3, -0.25) is 0 Å². The topological polar surface area (TPSA) is 63.8 Å². The lowest BCUT2D eigenvalue weighted by Gasteiger charge is -2.29. The number of nitrogens with zero attached hydrogens (tertiary/aromatic N) is 2. The minimum atomic E-state index is 0.322. The Hall–Kier alpha value is -1.16. The number of rotatable bonds is 4. The highest BCUT2D eigenvalue weighted by Gasteiger charge is 2.22. The van der Waals surface area contributed by atoms with E-state index in [9.17, 15) is 0 Å². The average Bonchev–Trinajstić information content (AvgIpc) is 2.38. The maximum Gasteiger partial charge on any atom is 0.222 e. The highest BCUT2D eigenvalue weighted by molar-refractivity contribution is 5.24. The smallest absolute Gasteiger partial charge is 0.222 e. The normalized spacial score (nSPS) is 19.3. The molecule has 1 aliphatic rings. The molecule has 88 valence electrons. The summed E-state index contributed by atoms with van der Waals surface area (Å²) < 4.78 is 0. The summed E-state index contributed by atoms with van der Waals surface area (Å²) in [6, 6.07) is 2.14. The van der Waals surface area contributed by atoms with Crippen molar-refractivity contribution in [3.63, 3.8) is 0 Å². The maximum absolute atomic E-state index is 5.83. The van der Waals surface area contributed by atoms with Crippen molar-refractivity contribution < 1.29 is 0 Å². The molecule has 1 unspecified atom stereocenters. The zero-order valence-corrected chi connectivity index (χ0v) is 9.60. The van der Waals surface area contributed by atoms with Gasteiger partial charge in [0.25, 0.3) is 0 Å². The number of aromatic nitrogens is 2. The molecule has 3 N–H and O–H groups in total. The largest absolute Gasteiger partial charge is 0.350 e. The van der Waals surface area contributed by atoms with Crippen LogP contribution in [-0.2, 0) is 0 Å². The van der Waals surface area contributed by atoms with Gasteiger partial charge in [0, 0.05) is 25.0 Å². The molecular weight excluding hydrogens is 200 g/mol. The van der Waals surface area contributed by atoms with E-state index in [-0.39, 0.29) is 0 Å². The fourth-order valence-corrected chi connectivity index (χ4v) is 2.45. The molecule has 0 aliphatic heterocycles. The molecule has 1 saturated carbocycles. The van der Waals surface area contributed by atoms with Gasteiger partial charge in [0.2, 0.25) is 5.95 Å². The van der Waals surface area contributed by atoms with E-state index in [2.05, 4.69) is 15.3 Å².